The number of aliphatic carboxylic acids is 1. The Bertz CT molecular complexity index is 490. The Morgan fingerprint density at radius 2 is 2.14 bits per heavy atom. The van der Waals surface area contributed by atoms with Crippen LogP contribution in [-0.2, 0) is 14.3 Å². The van der Waals surface area contributed by atoms with Crippen molar-refractivity contribution < 1.29 is 33.6 Å². The fourth-order valence-corrected chi connectivity index (χ4v) is 2.05. The quantitative estimate of drug-likeness (QED) is 0.565. The highest BCUT2D eigenvalue weighted by molar-refractivity contribution is 5.70. The van der Waals surface area contributed by atoms with Crippen LogP contribution in [-0.4, -0.2) is 59.6 Å². The maximum absolute atomic E-state index is 11.1. The highest BCUT2D eigenvalue weighted by Crippen LogP contribution is 2.16. The summed E-state index contributed by atoms with van der Waals surface area (Å²) in [5, 5.41) is 11.9. The number of hydrogen-bond donors (Lipinski definition) is 1. The van der Waals surface area contributed by atoms with Crippen LogP contribution < -0.4 is 9.85 Å². The smallest absolute Gasteiger partial charge is 0.481 e. The van der Waals surface area contributed by atoms with Crippen molar-refractivity contribution in [1.82, 2.24) is 9.98 Å². The zero-order chi connectivity index (χ0) is 16.1. The first-order valence-electron chi connectivity index (χ1n) is 7.19. The topological polar surface area (TPSA) is 108 Å². The maximum atomic E-state index is 11.1. The van der Waals surface area contributed by atoms with Gasteiger partial charge in [0, 0.05) is 11.5 Å². The molecule has 2 rings (SSSR count). The molecule has 2 heterocycles. The van der Waals surface area contributed by atoms with Crippen LogP contribution >= 0.6 is 0 Å². The lowest BCUT2D eigenvalue weighted by Gasteiger charge is -2.26. The summed E-state index contributed by atoms with van der Waals surface area (Å²) in [6.45, 7) is 4.63. The average Bonchev–Trinajstić information content (AvgIpc) is 3.22. The molecule has 10 nitrogen and oxygen atoms in total. The van der Waals surface area contributed by atoms with Gasteiger partial charge in [-0.15, -0.1) is 0 Å². The lowest BCUT2D eigenvalue weighted by Crippen LogP contribution is -2.44. The maximum Gasteiger partial charge on any atom is 0.508 e. The summed E-state index contributed by atoms with van der Waals surface area (Å²) in [5.74, 6) is -1.22. The van der Waals surface area contributed by atoms with E-state index in [1.807, 2.05) is 0 Å². The number of carboxylic acid groups (broad SMARTS) is 1. The normalized spacial score (nSPS) is 18.5. The van der Waals surface area contributed by atoms with Crippen LogP contribution in [0.5, 0.6) is 0 Å². The summed E-state index contributed by atoms with van der Waals surface area (Å²) in [6, 6.07) is 0. The van der Waals surface area contributed by atoms with Gasteiger partial charge in [-0.2, -0.15) is 4.63 Å². The van der Waals surface area contributed by atoms with Crippen molar-refractivity contribution in [2.24, 2.45) is 5.92 Å². The van der Waals surface area contributed by atoms with Gasteiger partial charge in [-0.1, -0.05) is 0 Å². The van der Waals surface area contributed by atoms with Crippen LogP contribution in [0.1, 0.15) is 26.7 Å². The van der Waals surface area contributed by atoms with E-state index in [9.17, 15) is 9.59 Å². The first-order valence-corrected chi connectivity index (χ1v) is 7.19. The van der Waals surface area contributed by atoms with Gasteiger partial charge >= 0.3 is 12.1 Å². The van der Waals surface area contributed by atoms with Crippen LogP contribution in [0.2, 0.25) is 0 Å². The Hall–Kier alpha value is -2.26. The number of piperidine rings is 1. The zero-order valence-electron chi connectivity index (χ0n) is 12.6. The molecule has 1 aromatic heterocycles. The summed E-state index contributed by atoms with van der Waals surface area (Å²) in [6.07, 6.45) is 0.449. The third-order valence-corrected chi connectivity index (χ3v) is 3.09. The molecule has 10 heteroatoms. The minimum Gasteiger partial charge on any atom is -0.481 e. The molecule has 126 valence electrons. The van der Waals surface area contributed by atoms with Crippen molar-refractivity contribution in [2.45, 2.75) is 32.8 Å². The van der Waals surface area contributed by atoms with Gasteiger partial charge in [0.1, 0.15) is 11.6 Å². The molecule has 0 amide bonds. The molecular formula is C12H21N3O7. The number of carbonyl (C=O) groups excluding carboxylic acids is 1. The third-order valence-electron chi connectivity index (χ3n) is 3.09. The minimum absolute atomic E-state index is 0.0248. The van der Waals surface area contributed by atoms with Crippen LogP contribution in [0.15, 0.2) is 4.63 Å². The molecular weight excluding hydrogens is 298 g/mol. The van der Waals surface area contributed by atoms with Gasteiger partial charge in [0.2, 0.25) is 0 Å². The number of nitrogens with zero attached hydrogens (tertiary/aromatic N) is 3. The zero-order valence-corrected chi connectivity index (χ0v) is 12.6. The lowest BCUT2D eigenvalue weighted by molar-refractivity contribution is -0.142. The van der Waals surface area contributed by atoms with Gasteiger partial charge in [0.25, 0.3) is 0 Å². The summed E-state index contributed by atoms with van der Waals surface area (Å²) >= 11 is 0. The van der Waals surface area contributed by atoms with Crippen molar-refractivity contribution in [2.75, 3.05) is 31.3 Å². The number of aromatic nitrogens is 2. The van der Waals surface area contributed by atoms with Gasteiger partial charge in [-0.3, -0.25) is 9.80 Å². The van der Waals surface area contributed by atoms with Gasteiger partial charge < -0.3 is 19.4 Å². The first-order chi connectivity index (χ1) is 10.5. The summed E-state index contributed by atoms with van der Waals surface area (Å²) in [4.78, 5) is 28.6. The standard InChI is InChI=1S/C12H21N3O7/c1-9(2)21-12(18)19-6-7-20-15-14(22-15)13-5-3-4-10(8-13)11(16)17/h9-10H,3-8H2,1-2H3,(H,16,17). The molecule has 22 heavy (non-hydrogen) atoms. The molecule has 0 saturated carbocycles. The number of rotatable bonds is 7. The van der Waals surface area contributed by atoms with E-state index >= 15 is 0 Å². The summed E-state index contributed by atoms with van der Waals surface area (Å²) in [7, 11) is 0. The lowest BCUT2D eigenvalue weighted by atomic mass is 10.00. The number of carboxylic acids is 1. The molecule has 0 radical (unpaired) electrons. The Balaban J connectivity index is 1.64. The van der Waals surface area contributed by atoms with E-state index in [-0.39, 0.29) is 19.3 Å². The van der Waals surface area contributed by atoms with Crippen molar-refractivity contribution in [3.05, 3.63) is 0 Å². The second kappa shape index (κ2) is 7.14. The molecule has 1 atom stereocenters. The van der Waals surface area contributed by atoms with E-state index in [4.69, 9.17) is 24.0 Å². The van der Waals surface area contributed by atoms with Gasteiger partial charge in [0.15, 0.2) is 6.61 Å². The molecule has 0 spiro atoms. The molecule has 1 aromatic rings. The Kier molecular flexibility index (Phi) is 5.23. The molecule has 1 fully saturated rings. The fourth-order valence-electron chi connectivity index (χ4n) is 2.05. The first kappa shape index (κ1) is 16.1. The monoisotopic (exact) mass is 319 g/mol. The van der Waals surface area contributed by atoms with E-state index in [0.717, 1.165) is 11.4 Å². The van der Waals surface area contributed by atoms with Crippen LogP contribution in [0.3, 0.4) is 0 Å². The second-order valence-corrected chi connectivity index (χ2v) is 5.26. The predicted octanol–water partition coefficient (Wildman–Crippen LogP) is 0.305. The molecule has 1 aliphatic heterocycles. The van der Waals surface area contributed by atoms with Gasteiger partial charge in [-0.05, 0) is 26.7 Å². The predicted molar refractivity (Wildman–Crippen MR) is 72.0 cm³/mol. The number of carbonyl (C=O) groups is 2. The second-order valence-electron chi connectivity index (χ2n) is 5.26. The summed E-state index contributed by atoms with van der Waals surface area (Å²) in [5.41, 5.74) is 0. The van der Waals surface area contributed by atoms with E-state index < -0.39 is 18.0 Å². The molecule has 1 aliphatic rings. The Morgan fingerprint density at radius 3 is 2.82 bits per heavy atom. The molecule has 1 N–H and O–H groups in total. The van der Waals surface area contributed by atoms with Crippen molar-refractivity contribution in [1.29, 1.82) is 0 Å². The van der Waals surface area contributed by atoms with Crippen molar-refractivity contribution in [3.8, 4) is 0 Å². The number of ether oxygens (including phenoxy) is 2. The summed E-state index contributed by atoms with van der Waals surface area (Å²) < 4.78 is 14.6. The fraction of sp³-hybridized carbons (Fsp3) is 0.833. The van der Waals surface area contributed by atoms with Crippen LogP contribution in [0.25, 0.3) is 0 Å². The Morgan fingerprint density at radius 1 is 1.36 bits per heavy atom. The highest BCUT2D eigenvalue weighted by atomic mass is 17.0. The van der Waals surface area contributed by atoms with Crippen molar-refractivity contribution >= 4 is 12.1 Å². The molecule has 1 saturated heterocycles. The van der Waals surface area contributed by atoms with E-state index in [1.165, 1.54) is 4.96 Å². The largest absolute Gasteiger partial charge is 0.508 e. The number of hydrogen-bond acceptors (Lipinski definition) is 7. The van der Waals surface area contributed by atoms with E-state index in [2.05, 4.69) is 0 Å². The molecule has 0 bridgehead atoms. The van der Waals surface area contributed by atoms with E-state index in [0.29, 0.717) is 19.5 Å². The molecule has 0 aromatic carbocycles. The average molecular weight is 319 g/mol. The van der Waals surface area contributed by atoms with Crippen molar-refractivity contribution in [3.63, 3.8) is 0 Å². The van der Waals surface area contributed by atoms with Crippen LogP contribution in [0.4, 0.5) is 4.79 Å². The van der Waals surface area contributed by atoms with Gasteiger partial charge in [0.05, 0.1) is 18.6 Å². The Labute approximate surface area is 126 Å². The SMILES string of the molecule is CC(C)OC(=O)OCCOn1on1N1CCCC(C(=O)O)C1. The van der Waals surface area contributed by atoms with Crippen LogP contribution in [0, 0.1) is 5.92 Å². The third kappa shape index (κ3) is 4.64. The van der Waals surface area contributed by atoms with Gasteiger partial charge in [-0.25, -0.2) is 4.79 Å². The molecule has 1 unspecified atom stereocenters. The molecule has 0 aliphatic carbocycles. The minimum atomic E-state index is -0.809. The highest BCUT2D eigenvalue weighted by Gasteiger charge is 2.30. The van der Waals surface area contributed by atoms with E-state index in [1.54, 1.807) is 18.9 Å².